The molecule has 0 radical (unpaired) electrons. The van der Waals surface area contributed by atoms with Gasteiger partial charge in [0.05, 0.1) is 0 Å². The number of hydrogen-bond donors (Lipinski definition) is 0. The van der Waals surface area contributed by atoms with Crippen LogP contribution in [0.3, 0.4) is 0 Å². The highest BCUT2D eigenvalue weighted by molar-refractivity contribution is 8.34. The molecule has 7 atom stereocenters. The van der Waals surface area contributed by atoms with E-state index >= 15 is 0 Å². The fourth-order valence-corrected chi connectivity index (χ4v) is 14.4. The monoisotopic (exact) mass is 336 g/mol. The van der Waals surface area contributed by atoms with Gasteiger partial charge in [0.1, 0.15) is 0 Å². The molecule has 0 N–H and O–H groups in total. The summed E-state index contributed by atoms with van der Waals surface area (Å²) in [7, 11) is -0.398. The molecule has 1 heteroatoms. The van der Waals surface area contributed by atoms with Crippen molar-refractivity contribution in [2.24, 2.45) is 22.7 Å². The van der Waals surface area contributed by atoms with E-state index in [1.54, 1.807) is 50.7 Å². The van der Waals surface area contributed by atoms with Gasteiger partial charge in [-0.15, -0.1) is 0 Å². The molecule has 0 aromatic heterocycles. The van der Waals surface area contributed by atoms with Gasteiger partial charge in [0.15, 0.2) is 0 Å². The molecule has 2 aliphatic heterocycles. The van der Waals surface area contributed by atoms with Crippen molar-refractivity contribution in [3.63, 3.8) is 0 Å². The van der Waals surface area contributed by atoms with Crippen LogP contribution in [0.15, 0.2) is 0 Å². The summed E-state index contributed by atoms with van der Waals surface area (Å²) >= 11 is 0. The van der Waals surface area contributed by atoms with E-state index in [2.05, 4.69) is 27.0 Å². The van der Waals surface area contributed by atoms with Crippen molar-refractivity contribution < 1.29 is 0 Å². The molecule has 0 nitrogen and oxygen atoms in total. The summed E-state index contributed by atoms with van der Waals surface area (Å²) in [5, 5.41) is 2.23. The van der Waals surface area contributed by atoms with Crippen molar-refractivity contribution in [1.82, 2.24) is 0 Å². The topological polar surface area (TPSA) is 0 Å². The molecule has 23 heavy (non-hydrogen) atoms. The van der Waals surface area contributed by atoms with E-state index in [-0.39, 0.29) is 0 Å². The molecule has 4 rings (SSSR count). The van der Waals surface area contributed by atoms with Crippen LogP contribution in [0.4, 0.5) is 0 Å². The minimum Gasteiger partial charge on any atom is -0.237 e. The molecular weight excluding hydrogens is 296 g/mol. The SMILES string of the molecule is CCCC1CCC2C1(C)CCC1C3(C)CCCCC3CCS12C. The Kier molecular flexibility index (Phi) is 4.15. The maximum absolute atomic E-state index is 2.84. The number of fused-ring (bicyclic) bond motifs is 5. The summed E-state index contributed by atoms with van der Waals surface area (Å²) in [6.45, 7) is 7.88. The van der Waals surface area contributed by atoms with Crippen LogP contribution in [0.25, 0.3) is 0 Å². The predicted molar refractivity (Wildman–Crippen MR) is 106 cm³/mol. The first kappa shape index (κ1) is 16.8. The Balaban J connectivity index is 1.66. The van der Waals surface area contributed by atoms with Gasteiger partial charge in [-0.2, -0.15) is 0 Å². The Labute approximate surface area is 146 Å². The van der Waals surface area contributed by atoms with Crippen LogP contribution >= 0.6 is 10.0 Å². The molecular formula is C22H40S. The first-order chi connectivity index (χ1) is 10.9. The highest BCUT2D eigenvalue weighted by atomic mass is 32.3. The van der Waals surface area contributed by atoms with Gasteiger partial charge < -0.3 is 0 Å². The average molecular weight is 337 g/mol. The highest BCUT2D eigenvalue weighted by Crippen LogP contribution is 2.77. The maximum atomic E-state index is 2.84. The third kappa shape index (κ3) is 2.24. The molecule has 0 amide bonds. The number of hydrogen-bond acceptors (Lipinski definition) is 0. The lowest BCUT2D eigenvalue weighted by Crippen LogP contribution is -2.56. The molecule has 0 spiro atoms. The van der Waals surface area contributed by atoms with Crippen LogP contribution in [0.1, 0.15) is 91.4 Å². The average Bonchev–Trinajstić information content (AvgIpc) is 2.85. The van der Waals surface area contributed by atoms with Crippen molar-refractivity contribution in [3.8, 4) is 0 Å². The molecule has 2 saturated carbocycles. The van der Waals surface area contributed by atoms with Crippen molar-refractivity contribution in [2.45, 2.75) is 102 Å². The van der Waals surface area contributed by atoms with Crippen LogP contribution < -0.4 is 0 Å². The largest absolute Gasteiger partial charge is 0.237 e. The quantitative estimate of drug-likeness (QED) is 0.522. The molecule has 2 saturated heterocycles. The van der Waals surface area contributed by atoms with E-state index < -0.39 is 10.0 Å². The van der Waals surface area contributed by atoms with E-state index in [9.17, 15) is 0 Å². The lowest BCUT2D eigenvalue weighted by molar-refractivity contribution is 0.0764. The van der Waals surface area contributed by atoms with Crippen LogP contribution in [0, 0.1) is 22.7 Å². The van der Waals surface area contributed by atoms with Gasteiger partial charge in [0.25, 0.3) is 0 Å². The molecule has 0 aromatic carbocycles. The van der Waals surface area contributed by atoms with Crippen molar-refractivity contribution in [2.75, 3.05) is 12.0 Å². The highest BCUT2D eigenvalue weighted by Gasteiger charge is 2.62. The number of rotatable bonds is 2. The minimum absolute atomic E-state index is 0.398. The van der Waals surface area contributed by atoms with Gasteiger partial charge in [-0.1, -0.05) is 46.5 Å². The summed E-state index contributed by atoms with van der Waals surface area (Å²) in [5.41, 5.74) is 1.44. The van der Waals surface area contributed by atoms with Crippen LogP contribution in [0.2, 0.25) is 0 Å². The van der Waals surface area contributed by atoms with Crippen molar-refractivity contribution in [3.05, 3.63) is 0 Å². The summed E-state index contributed by atoms with van der Waals surface area (Å²) in [4.78, 5) is 0. The zero-order valence-corrected chi connectivity index (χ0v) is 17.0. The van der Waals surface area contributed by atoms with Crippen molar-refractivity contribution in [1.29, 1.82) is 0 Å². The van der Waals surface area contributed by atoms with E-state index in [0.29, 0.717) is 5.41 Å². The van der Waals surface area contributed by atoms with Crippen LogP contribution in [0.5, 0.6) is 0 Å². The second kappa shape index (κ2) is 5.68. The van der Waals surface area contributed by atoms with Crippen molar-refractivity contribution >= 4 is 10.0 Å². The van der Waals surface area contributed by atoms with Gasteiger partial charge in [0.2, 0.25) is 0 Å². The standard InChI is InChI=1S/C22H40S/c1-5-8-17-10-11-19-22(17,3)15-12-20-21(2)14-7-6-9-18(21)13-16-23(19,20)4/h17-20H,5-16H2,1-4H3. The molecule has 2 heterocycles. The second-order valence-electron chi connectivity index (χ2n) is 10.3. The smallest absolute Gasteiger partial charge is 0.00547 e. The summed E-state index contributed by atoms with van der Waals surface area (Å²) in [6, 6.07) is 0. The molecule has 7 unspecified atom stereocenters. The van der Waals surface area contributed by atoms with E-state index in [4.69, 9.17) is 0 Å². The first-order valence-electron chi connectivity index (χ1n) is 10.7. The Morgan fingerprint density at radius 2 is 1.65 bits per heavy atom. The lowest BCUT2D eigenvalue weighted by atomic mass is 9.62. The third-order valence-corrected chi connectivity index (χ3v) is 14.7. The molecule has 134 valence electrons. The second-order valence-corrected chi connectivity index (χ2v) is 14.3. The molecule has 4 aliphatic rings. The summed E-state index contributed by atoms with van der Waals surface area (Å²) in [5.74, 6) is 3.77. The molecule has 0 aromatic rings. The van der Waals surface area contributed by atoms with Crippen LogP contribution in [-0.4, -0.2) is 22.5 Å². The predicted octanol–water partition coefficient (Wildman–Crippen LogP) is 6.77. The summed E-state index contributed by atoms with van der Waals surface area (Å²) in [6.07, 6.45) is 19.8. The van der Waals surface area contributed by atoms with Gasteiger partial charge in [-0.05, 0) is 90.1 Å². The molecule has 2 aliphatic carbocycles. The van der Waals surface area contributed by atoms with E-state index in [1.807, 2.05) is 0 Å². The Morgan fingerprint density at radius 1 is 0.870 bits per heavy atom. The minimum atomic E-state index is -0.398. The normalized spacial score (nSPS) is 58.6. The van der Waals surface area contributed by atoms with E-state index in [1.165, 1.54) is 25.7 Å². The van der Waals surface area contributed by atoms with Gasteiger partial charge in [-0.25, -0.2) is 10.0 Å². The zero-order valence-electron chi connectivity index (χ0n) is 16.2. The fraction of sp³-hybridized carbons (Fsp3) is 1.00. The van der Waals surface area contributed by atoms with Gasteiger partial charge >= 0.3 is 0 Å². The lowest BCUT2D eigenvalue weighted by Gasteiger charge is -2.68. The molecule has 4 fully saturated rings. The Morgan fingerprint density at radius 3 is 2.43 bits per heavy atom. The Bertz CT molecular complexity index is 459. The maximum Gasteiger partial charge on any atom is -0.00547 e. The van der Waals surface area contributed by atoms with E-state index in [0.717, 1.165) is 27.8 Å². The zero-order chi connectivity index (χ0) is 16.3. The fourth-order valence-electron chi connectivity index (χ4n) is 8.21. The van der Waals surface area contributed by atoms with Gasteiger partial charge in [-0.3, -0.25) is 0 Å². The summed E-state index contributed by atoms with van der Waals surface area (Å²) < 4.78 is 0. The first-order valence-corrected chi connectivity index (χ1v) is 13.0. The molecule has 0 bridgehead atoms. The third-order valence-electron chi connectivity index (χ3n) is 9.42. The Hall–Kier alpha value is 0.350. The van der Waals surface area contributed by atoms with Crippen LogP contribution in [-0.2, 0) is 0 Å². The van der Waals surface area contributed by atoms with Gasteiger partial charge in [0, 0.05) is 0 Å².